The molecule has 3 aromatic rings. The van der Waals surface area contributed by atoms with E-state index in [2.05, 4.69) is 182 Å². The van der Waals surface area contributed by atoms with Crippen LogP contribution in [0, 0.1) is 5.92 Å². The molecular formula is C45H54N4S. The third-order valence-corrected chi connectivity index (χ3v) is 8.60. The number of nitrogens with zero attached hydrogens (tertiary/aromatic N) is 1. The lowest BCUT2D eigenvalue weighted by Crippen LogP contribution is -2.07. The lowest BCUT2D eigenvalue weighted by atomic mass is 9.95. The van der Waals surface area contributed by atoms with Crippen LogP contribution >= 0.6 is 11.8 Å². The molecule has 0 bridgehead atoms. The highest BCUT2D eigenvalue weighted by Gasteiger charge is 2.15. The van der Waals surface area contributed by atoms with Gasteiger partial charge in [-0.15, -0.1) is 0 Å². The number of anilines is 1. The van der Waals surface area contributed by atoms with Gasteiger partial charge in [0, 0.05) is 23.0 Å². The third-order valence-electron chi connectivity index (χ3n) is 7.59. The number of fused-ring (bicyclic) bond motifs is 1. The van der Waals surface area contributed by atoms with Gasteiger partial charge in [0.05, 0.1) is 0 Å². The van der Waals surface area contributed by atoms with Gasteiger partial charge in [-0.1, -0.05) is 155 Å². The van der Waals surface area contributed by atoms with E-state index in [1.54, 1.807) is 11.8 Å². The monoisotopic (exact) mass is 682 g/mol. The van der Waals surface area contributed by atoms with Gasteiger partial charge in [-0.2, -0.15) is 0 Å². The molecule has 3 aromatic carbocycles. The van der Waals surface area contributed by atoms with E-state index < -0.39 is 0 Å². The van der Waals surface area contributed by atoms with Crippen molar-refractivity contribution in [1.29, 1.82) is 0 Å². The Hall–Kier alpha value is -4.91. The van der Waals surface area contributed by atoms with Crippen LogP contribution in [0.2, 0.25) is 0 Å². The first kappa shape index (κ1) is 41.3. The minimum absolute atomic E-state index is 0.685. The predicted molar refractivity (Wildman–Crippen MR) is 224 cm³/mol. The zero-order chi connectivity index (χ0) is 36.7. The minimum Gasteiger partial charge on any atom is -0.333 e. The van der Waals surface area contributed by atoms with Crippen molar-refractivity contribution in [2.24, 2.45) is 23.3 Å². The van der Waals surface area contributed by atoms with E-state index in [9.17, 15) is 0 Å². The molecule has 3 aliphatic rings. The van der Waals surface area contributed by atoms with E-state index in [0.717, 1.165) is 46.4 Å². The van der Waals surface area contributed by atoms with E-state index in [1.807, 2.05) is 32.1 Å². The van der Waals surface area contributed by atoms with E-state index in [-0.39, 0.29) is 0 Å². The van der Waals surface area contributed by atoms with Gasteiger partial charge in [-0.25, -0.2) is 0 Å². The van der Waals surface area contributed by atoms with Crippen LogP contribution in [0.25, 0.3) is 11.1 Å². The van der Waals surface area contributed by atoms with Crippen LogP contribution in [-0.2, 0) is 6.42 Å². The fourth-order valence-corrected chi connectivity index (χ4v) is 6.03. The van der Waals surface area contributed by atoms with Gasteiger partial charge in [-0.3, -0.25) is 11.7 Å². The number of hydrazine groups is 1. The number of hydrogen-bond donors (Lipinski definition) is 3. The van der Waals surface area contributed by atoms with Crippen LogP contribution in [-0.4, -0.2) is 7.05 Å². The van der Waals surface area contributed by atoms with E-state index >= 15 is 0 Å². The van der Waals surface area contributed by atoms with Crippen molar-refractivity contribution in [3.8, 4) is 0 Å². The van der Waals surface area contributed by atoms with Crippen LogP contribution in [0.5, 0.6) is 0 Å². The first-order valence-corrected chi connectivity index (χ1v) is 17.8. The summed E-state index contributed by atoms with van der Waals surface area (Å²) in [6.07, 6.45) is 27.0. The molecule has 260 valence electrons. The first-order valence-electron chi connectivity index (χ1n) is 16.9. The van der Waals surface area contributed by atoms with Gasteiger partial charge >= 0.3 is 0 Å². The van der Waals surface area contributed by atoms with Crippen LogP contribution in [0.15, 0.2) is 187 Å². The molecule has 0 saturated heterocycles. The molecule has 1 aliphatic carbocycles. The molecule has 6 rings (SSSR count). The Labute approximate surface area is 305 Å². The Morgan fingerprint density at radius 3 is 2.00 bits per heavy atom. The minimum atomic E-state index is 0.685. The normalized spacial score (nSPS) is 17.6. The molecule has 0 aromatic heterocycles. The van der Waals surface area contributed by atoms with Crippen LogP contribution in [0.1, 0.15) is 49.4 Å². The second-order valence-electron chi connectivity index (χ2n) is 11.0. The van der Waals surface area contributed by atoms with Crippen LogP contribution in [0.3, 0.4) is 0 Å². The summed E-state index contributed by atoms with van der Waals surface area (Å²) in [5.74, 6) is 8.69. The SMILES string of the molecule is C=C1/C=C\C=C/N(c2ccc(Cc3ccccc3)cc2)/C=C\C(c2cccc3c2SC=CCC3=C)=C/C1=C.CC.CC1C=CC=C1.CN.NN. The molecule has 0 saturated carbocycles. The molecule has 2 heterocycles. The van der Waals surface area contributed by atoms with E-state index in [0.29, 0.717) is 5.92 Å². The summed E-state index contributed by atoms with van der Waals surface area (Å²) in [5.41, 5.74) is 14.6. The Balaban J connectivity index is 0.000000629. The number of nitrogens with two attached hydrogens (primary N) is 3. The molecule has 0 unspecified atom stereocenters. The average molecular weight is 683 g/mol. The number of thioether (sulfide) groups is 1. The lowest BCUT2D eigenvalue weighted by Gasteiger charge is -2.18. The number of allylic oxidation sites excluding steroid dienone is 14. The van der Waals surface area contributed by atoms with Crippen molar-refractivity contribution in [3.63, 3.8) is 0 Å². The molecule has 0 radical (unpaired) electrons. The molecule has 2 aliphatic heterocycles. The summed E-state index contributed by atoms with van der Waals surface area (Å²) in [4.78, 5) is 3.37. The summed E-state index contributed by atoms with van der Waals surface area (Å²) in [6.45, 7) is 19.0. The van der Waals surface area contributed by atoms with Crippen molar-refractivity contribution in [2.75, 3.05) is 11.9 Å². The summed E-state index contributed by atoms with van der Waals surface area (Å²) in [6, 6.07) is 25.8. The quantitative estimate of drug-likeness (QED) is 0.188. The smallest absolute Gasteiger partial charge is 0.0449 e. The van der Waals surface area contributed by atoms with Gasteiger partial charge < -0.3 is 10.6 Å². The summed E-state index contributed by atoms with van der Waals surface area (Å²) >= 11 is 1.75. The fraction of sp³-hybridized carbons (Fsp3) is 0.156. The zero-order valence-corrected chi connectivity index (χ0v) is 31.0. The molecule has 0 atom stereocenters. The Morgan fingerprint density at radius 2 is 1.36 bits per heavy atom. The lowest BCUT2D eigenvalue weighted by molar-refractivity contribution is 0.958. The summed E-state index contributed by atoms with van der Waals surface area (Å²) < 4.78 is 0. The van der Waals surface area contributed by atoms with Crippen molar-refractivity contribution >= 4 is 28.6 Å². The number of benzene rings is 3. The molecule has 4 nitrogen and oxygen atoms in total. The first-order chi connectivity index (χ1) is 24.5. The Bertz CT molecular complexity index is 1720. The van der Waals surface area contributed by atoms with Gasteiger partial charge in [-0.05, 0) is 106 Å². The summed E-state index contributed by atoms with van der Waals surface area (Å²) in [5, 5.41) is 2.17. The van der Waals surface area contributed by atoms with Crippen molar-refractivity contribution < 1.29 is 0 Å². The van der Waals surface area contributed by atoms with Gasteiger partial charge in [0.25, 0.3) is 0 Å². The van der Waals surface area contributed by atoms with E-state index in [1.165, 1.54) is 28.6 Å². The highest BCUT2D eigenvalue weighted by atomic mass is 32.2. The molecule has 50 heavy (non-hydrogen) atoms. The maximum atomic E-state index is 4.50. The second kappa shape index (κ2) is 23.4. The second-order valence-corrected chi connectivity index (χ2v) is 11.9. The number of rotatable bonds is 4. The van der Waals surface area contributed by atoms with E-state index in [4.69, 9.17) is 0 Å². The third kappa shape index (κ3) is 12.8. The zero-order valence-electron chi connectivity index (χ0n) is 30.1. The average Bonchev–Trinajstić information content (AvgIpc) is 3.56. The molecule has 0 amide bonds. The topological polar surface area (TPSA) is 81.3 Å². The maximum absolute atomic E-state index is 4.50. The fourth-order valence-electron chi connectivity index (χ4n) is 5.05. The largest absolute Gasteiger partial charge is 0.333 e. The molecule has 5 heteroatoms. The van der Waals surface area contributed by atoms with Gasteiger partial charge in [0.15, 0.2) is 0 Å². The van der Waals surface area contributed by atoms with Gasteiger partial charge in [0.2, 0.25) is 0 Å². The van der Waals surface area contributed by atoms with Crippen molar-refractivity contribution in [2.45, 2.75) is 38.5 Å². The highest BCUT2D eigenvalue weighted by molar-refractivity contribution is 8.02. The predicted octanol–water partition coefficient (Wildman–Crippen LogP) is 11.1. The van der Waals surface area contributed by atoms with Gasteiger partial charge in [0.1, 0.15) is 0 Å². The highest BCUT2D eigenvalue weighted by Crippen LogP contribution is 2.39. The maximum Gasteiger partial charge on any atom is 0.0449 e. The molecule has 0 spiro atoms. The van der Waals surface area contributed by atoms with Crippen LogP contribution < -0.4 is 22.3 Å². The number of hydrogen-bond acceptors (Lipinski definition) is 5. The Morgan fingerprint density at radius 1 is 0.720 bits per heavy atom. The molecule has 0 fully saturated rings. The van der Waals surface area contributed by atoms with Crippen molar-refractivity contribution in [1.82, 2.24) is 0 Å². The standard InChI is InChI=1S/C36H31NS.C6H8.C2H6.CH5N.H4N2/c1-27-11-7-8-22-37(33-19-17-31(18-20-33)26-30-13-5-4-6-14-30)23-21-32(25-29(27)3)35-16-9-15-34-28(2)12-10-24-38-36(34)35;1-6-4-2-3-5-6;3*1-2/h4-11,13-25H,1-3,12,26H2;2-6H,1H3;1-2H3;2H2,1H3;1-2H2/b11-7-,22-8-,23-21-,32-25+;;;;. The van der Waals surface area contributed by atoms with Crippen molar-refractivity contribution in [3.05, 3.63) is 205 Å². The molecule has 6 N–H and O–H groups in total. The molecular weight excluding hydrogens is 629 g/mol. The van der Waals surface area contributed by atoms with Crippen LogP contribution in [0.4, 0.5) is 5.69 Å². The Kier molecular flexibility index (Phi) is 19.3. The summed E-state index contributed by atoms with van der Waals surface area (Å²) in [7, 11) is 1.50.